The van der Waals surface area contributed by atoms with Gasteiger partial charge < -0.3 is 4.90 Å². The minimum atomic E-state index is -0.180. The zero-order valence-corrected chi connectivity index (χ0v) is 16.1. The zero-order valence-electron chi connectivity index (χ0n) is 16.1. The second-order valence-electron chi connectivity index (χ2n) is 7.56. The van der Waals surface area contributed by atoms with Gasteiger partial charge in [0.05, 0.1) is 11.1 Å². The lowest BCUT2D eigenvalue weighted by Gasteiger charge is -2.18. The molecule has 2 saturated heterocycles. The third-order valence-electron chi connectivity index (χ3n) is 5.09. The number of rotatable bonds is 2. The van der Waals surface area contributed by atoms with E-state index in [1.807, 2.05) is 27.7 Å². The first-order valence-corrected chi connectivity index (χ1v) is 9.36. The second kappa shape index (κ2) is 7.13. The van der Waals surface area contributed by atoms with Gasteiger partial charge in [0.25, 0.3) is 17.7 Å². The highest BCUT2D eigenvalue weighted by atomic mass is 16.2. The SMILES string of the molecule is CC(C)N1C(=O)C2CCCN2C1=O.CC(C)N1C(=O)c2ccccc2C1=O. The van der Waals surface area contributed by atoms with E-state index in [0.717, 1.165) is 19.4 Å². The van der Waals surface area contributed by atoms with Gasteiger partial charge in [0.15, 0.2) is 0 Å². The van der Waals surface area contributed by atoms with E-state index in [0.29, 0.717) is 11.1 Å². The largest absolute Gasteiger partial charge is 0.327 e. The Hall–Kier alpha value is -2.70. The number of carbonyl (C=O) groups is 4. The fourth-order valence-corrected chi connectivity index (χ4v) is 3.80. The quantitative estimate of drug-likeness (QED) is 0.591. The molecular formula is C20H25N3O4. The molecule has 0 aliphatic carbocycles. The summed E-state index contributed by atoms with van der Waals surface area (Å²) in [6.45, 7) is 8.16. The third kappa shape index (κ3) is 3.11. The molecule has 0 spiro atoms. The predicted octanol–water partition coefficient (Wildman–Crippen LogP) is 2.51. The van der Waals surface area contributed by atoms with E-state index in [9.17, 15) is 19.2 Å². The summed E-state index contributed by atoms with van der Waals surface area (Å²) >= 11 is 0. The molecule has 7 heteroatoms. The number of imide groups is 2. The highest BCUT2D eigenvalue weighted by Crippen LogP contribution is 2.28. The summed E-state index contributed by atoms with van der Waals surface area (Å²) in [6, 6.07) is 6.60. The molecule has 27 heavy (non-hydrogen) atoms. The van der Waals surface area contributed by atoms with Crippen molar-refractivity contribution in [3.8, 4) is 0 Å². The molecule has 0 N–H and O–H groups in total. The van der Waals surface area contributed by atoms with Gasteiger partial charge in [0.1, 0.15) is 6.04 Å². The van der Waals surface area contributed by atoms with Gasteiger partial charge in [-0.25, -0.2) is 4.79 Å². The van der Waals surface area contributed by atoms with Crippen molar-refractivity contribution in [2.75, 3.05) is 6.54 Å². The van der Waals surface area contributed by atoms with Crippen molar-refractivity contribution in [2.45, 2.75) is 58.7 Å². The molecule has 1 aromatic rings. The van der Waals surface area contributed by atoms with Gasteiger partial charge in [-0.1, -0.05) is 12.1 Å². The Kier molecular flexibility index (Phi) is 5.04. The molecule has 7 nitrogen and oxygen atoms in total. The summed E-state index contributed by atoms with van der Waals surface area (Å²) in [5.74, 6) is -0.362. The summed E-state index contributed by atoms with van der Waals surface area (Å²) in [4.78, 5) is 51.3. The molecule has 0 aromatic heterocycles. The molecule has 1 atom stereocenters. The molecule has 0 radical (unpaired) electrons. The molecular weight excluding hydrogens is 346 g/mol. The lowest BCUT2D eigenvalue weighted by molar-refractivity contribution is -0.129. The number of fused-ring (bicyclic) bond motifs is 2. The van der Waals surface area contributed by atoms with E-state index in [-0.39, 0.29) is 41.9 Å². The minimum Gasteiger partial charge on any atom is -0.312 e. The molecule has 1 aromatic carbocycles. The average molecular weight is 371 g/mol. The van der Waals surface area contributed by atoms with Gasteiger partial charge >= 0.3 is 6.03 Å². The standard InChI is InChI=1S/C11H11NO2.C9H14N2O2/c1-7(2)12-10(13)8-5-3-4-6-9(8)11(12)14;1-6(2)11-8(12)7-4-3-5-10(7)9(11)13/h3-7H,1-2H3;6-7H,3-5H2,1-2H3. The molecule has 0 bridgehead atoms. The van der Waals surface area contributed by atoms with Crippen molar-refractivity contribution < 1.29 is 19.2 Å². The lowest BCUT2D eigenvalue weighted by atomic mass is 10.1. The van der Waals surface area contributed by atoms with Crippen molar-refractivity contribution in [1.82, 2.24) is 14.7 Å². The number of hydrogen-bond donors (Lipinski definition) is 0. The van der Waals surface area contributed by atoms with Gasteiger partial charge in [-0.2, -0.15) is 0 Å². The summed E-state index contributed by atoms with van der Waals surface area (Å²) in [5, 5.41) is 0. The van der Waals surface area contributed by atoms with Crippen LogP contribution in [0.25, 0.3) is 0 Å². The molecule has 1 unspecified atom stereocenters. The predicted molar refractivity (Wildman–Crippen MR) is 99.2 cm³/mol. The topological polar surface area (TPSA) is 78.0 Å². The summed E-state index contributed by atoms with van der Waals surface area (Å²) in [5.41, 5.74) is 1.04. The van der Waals surface area contributed by atoms with Gasteiger partial charge in [-0.15, -0.1) is 0 Å². The van der Waals surface area contributed by atoms with Crippen LogP contribution in [0, 0.1) is 0 Å². The van der Waals surface area contributed by atoms with E-state index >= 15 is 0 Å². The smallest absolute Gasteiger partial charge is 0.312 e. The average Bonchev–Trinajstić information content (AvgIpc) is 3.25. The van der Waals surface area contributed by atoms with Gasteiger partial charge in [-0.05, 0) is 52.7 Å². The number of carbonyl (C=O) groups excluding carboxylic acids is 4. The van der Waals surface area contributed by atoms with E-state index in [4.69, 9.17) is 0 Å². The van der Waals surface area contributed by atoms with Crippen LogP contribution >= 0.6 is 0 Å². The van der Waals surface area contributed by atoms with Gasteiger partial charge in [0.2, 0.25) is 0 Å². The molecule has 0 saturated carbocycles. The van der Waals surface area contributed by atoms with Crippen LogP contribution in [-0.2, 0) is 4.79 Å². The summed E-state index contributed by atoms with van der Waals surface area (Å²) < 4.78 is 0. The Bertz CT molecular complexity index is 745. The molecule has 144 valence electrons. The molecule has 2 fully saturated rings. The molecule has 3 aliphatic rings. The number of urea groups is 1. The van der Waals surface area contributed by atoms with Crippen LogP contribution in [0.5, 0.6) is 0 Å². The number of hydrogen-bond acceptors (Lipinski definition) is 4. The third-order valence-corrected chi connectivity index (χ3v) is 5.09. The second-order valence-corrected chi connectivity index (χ2v) is 7.56. The molecule has 3 heterocycles. The van der Waals surface area contributed by atoms with Crippen molar-refractivity contribution >= 4 is 23.8 Å². The van der Waals surface area contributed by atoms with Crippen LogP contribution < -0.4 is 0 Å². The highest BCUT2D eigenvalue weighted by Gasteiger charge is 2.48. The summed E-state index contributed by atoms with van der Waals surface area (Å²) in [6.07, 6.45) is 1.81. The van der Waals surface area contributed by atoms with Gasteiger partial charge in [0, 0.05) is 18.6 Å². The first-order chi connectivity index (χ1) is 12.8. The maximum atomic E-state index is 11.8. The maximum absolute atomic E-state index is 11.8. The number of nitrogens with zero attached hydrogens (tertiary/aromatic N) is 3. The van der Waals surface area contributed by atoms with Crippen molar-refractivity contribution in [1.29, 1.82) is 0 Å². The van der Waals surface area contributed by atoms with E-state index in [2.05, 4.69) is 0 Å². The Morgan fingerprint density at radius 2 is 1.37 bits per heavy atom. The minimum absolute atomic E-state index is 0.00231. The number of amides is 5. The van der Waals surface area contributed by atoms with Crippen molar-refractivity contribution in [3.63, 3.8) is 0 Å². The van der Waals surface area contributed by atoms with Crippen LogP contribution in [0.4, 0.5) is 4.79 Å². The first-order valence-electron chi connectivity index (χ1n) is 9.36. The van der Waals surface area contributed by atoms with E-state index in [1.165, 1.54) is 9.80 Å². The highest BCUT2D eigenvalue weighted by molar-refractivity contribution is 6.21. The Labute approximate surface area is 158 Å². The van der Waals surface area contributed by atoms with Crippen LogP contribution in [0.3, 0.4) is 0 Å². The molecule has 3 aliphatic heterocycles. The molecule has 5 amide bonds. The fourth-order valence-electron chi connectivity index (χ4n) is 3.80. The Balaban J connectivity index is 0.000000156. The zero-order chi connectivity index (χ0) is 19.9. The normalized spacial score (nSPS) is 21.3. The summed E-state index contributed by atoms with van der Waals surface area (Å²) in [7, 11) is 0. The van der Waals surface area contributed by atoms with Crippen LogP contribution in [-0.4, -0.2) is 63.1 Å². The monoisotopic (exact) mass is 371 g/mol. The van der Waals surface area contributed by atoms with Crippen LogP contribution in [0.2, 0.25) is 0 Å². The van der Waals surface area contributed by atoms with Crippen molar-refractivity contribution in [3.05, 3.63) is 35.4 Å². The van der Waals surface area contributed by atoms with E-state index < -0.39 is 0 Å². The Morgan fingerprint density at radius 3 is 1.81 bits per heavy atom. The van der Waals surface area contributed by atoms with Crippen molar-refractivity contribution in [2.24, 2.45) is 0 Å². The maximum Gasteiger partial charge on any atom is 0.327 e. The molecule has 4 rings (SSSR count). The Morgan fingerprint density at radius 1 is 0.852 bits per heavy atom. The lowest BCUT2D eigenvalue weighted by Crippen LogP contribution is -2.38. The van der Waals surface area contributed by atoms with Crippen LogP contribution in [0.15, 0.2) is 24.3 Å². The first kappa shape index (κ1) is 19.1. The van der Waals surface area contributed by atoms with E-state index in [1.54, 1.807) is 29.2 Å². The fraction of sp³-hybridized carbons (Fsp3) is 0.500. The van der Waals surface area contributed by atoms with Gasteiger partial charge in [-0.3, -0.25) is 24.2 Å². The van der Waals surface area contributed by atoms with Crippen LogP contribution in [0.1, 0.15) is 61.3 Å². The number of benzene rings is 1.